The number of nitrogens with zero attached hydrogens (tertiary/aromatic N) is 1. The second-order valence-electron chi connectivity index (χ2n) is 12.6. The first-order valence-electron chi connectivity index (χ1n) is 16.5. The van der Waals surface area contributed by atoms with Gasteiger partial charge in [-0.2, -0.15) is 13.2 Å². The number of benzene rings is 5. The van der Waals surface area contributed by atoms with Gasteiger partial charge in [-0.1, -0.05) is 133 Å². The van der Waals surface area contributed by atoms with Gasteiger partial charge in [0.2, 0.25) is 11.8 Å². The zero-order valence-electron chi connectivity index (χ0n) is 27.2. The van der Waals surface area contributed by atoms with Crippen LogP contribution in [-0.2, 0) is 22.2 Å². The monoisotopic (exact) mass is 695 g/mol. The molecule has 0 aliphatic carbocycles. The van der Waals surface area contributed by atoms with Crippen molar-refractivity contribution in [3.05, 3.63) is 179 Å². The van der Waals surface area contributed by atoms with Crippen molar-refractivity contribution in [2.24, 2.45) is 0 Å². The molecule has 0 saturated carbocycles. The fourth-order valence-corrected chi connectivity index (χ4v) is 6.68. The van der Waals surface area contributed by atoms with Crippen LogP contribution < -0.4 is 10.6 Å². The highest BCUT2D eigenvalue weighted by atomic mass is 35.5. The van der Waals surface area contributed by atoms with Gasteiger partial charge in [-0.05, 0) is 52.8 Å². The molecule has 0 spiro atoms. The summed E-state index contributed by atoms with van der Waals surface area (Å²) in [5.41, 5.74) is 2.47. The Balaban J connectivity index is 1.25. The van der Waals surface area contributed by atoms with E-state index < -0.39 is 34.6 Å². The van der Waals surface area contributed by atoms with Gasteiger partial charge in [0.05, 0.1) is 17.6 Å². The van der Waals surface area contributed by atoms with Crippen LogP contribution in [0.25, 0.3) is 0 Å². The number of carbonyl (C=O) groups excluding carboxylic acids is 2. The Hall–Kier alpha value is -4.92. The molecule has 6 rings (SSSR count). The molecule has 0 bridgehead atoms. The smallest absolute Gasteiger partial charge is 0.343 e. The van der Waals surface area contributed by atoms with Crippen molar-refractivity contribution in [2.75, 3.05) is 13.1 Å². The summed E-state index contributed by atoms with van der Waals surface area (Å²) in [5, 5.41) is 5.23. The normalized spacial score (nSPS) is 14.9. The molecule has 1 heterocycles. The van der Waals surface area contributed by atoms with Gasteiger partial charge in [0, 0.05) is 13.1 Å². The Morgan fingerprint density at radius 1 is 0.680 bits per heavy atom. The summed E-state index contributed by atoms with van der Waals surface area (Å²) >= 11 is 6.63. The van der Waals surface area contributed by atoms with Gasteiger partial charge < -0.3 is 10.6 Å². The molecular formula is C41H37ClF3N3O2. The van der Waals surface area contributed by atoms with Crippen molar-refractivity contribution in [3.63, 3.8) is 0 Å². The van der Waals surface area contributed by atoms with E-state index in [-0.39, 0.29) is 31.5 Å². The van der Waals surface area contributed by atoms with Crippen molar-refractivity contribution in [1.82, 2.24) is 15.5 Å². The predicted molar refractivity (Wildman–Crippen MR) is 189 cm³/mol. The first-order chi connectivity index (χ1) is 24.1. The van der Waals surface area contributed by atoms with E-state index in [1.165, 1.54) is 12.1 Å². The van der Waals surface area contributed by atoms with E-state index in [2.05, 4.69) is 15.5 Å². The van der Waals surface area contributed by atoms with Crippen molar-refractivity contribution in [2.45, 2.75) is 42.0 Å². The Kier molecular flexibility index (Phi) is 10.7. The molecule has 5 nitrogen and oxygen atoms in total. The molecule has 50 heavy (non-hydrogen) atoms. The summed E-state index contributed by atoms with van der Waals surface area (Å²) in [6.07, 6.45) is -3.97. The number of carbonyl (C=O) groups is 2. The maximum Gasteiger partial charge on any atom is 0.416 e. The molecule has 5 aromatic carbocycles. The molecule has 1 unspecified atom stereocenters. The van der Waals surface area contributed by atoms with Crippen LogP contribution in [0.5, 0.6) is 0 Å². The summed E-state index contributed by atoms with van der Waals surface area (Å²) in [6, 6.07) is 43.5. The number of nitrogens with one attached hydrogen (secondary N) is 2. The van der Waals surface area contributed by atoms with E-state index in [1.54, 1.807) is 0 Å². The fourth-order valence-electron chi connectivity index (χ4n) is 6.51. The molecule has 0 radical (unpaired) electrons. The largest absolute Gasteiger partial charge is 0.416 e. The maximum atomic E-state index is 14.5. The van der Waals surface area contributed by atoms with Gasteiger partial charge in [-0.25, -0.2) is 0 Å². The van der Waals surface area contributed by atoms with E-state index in [1.807, 2.05) is 121 Å². The molecule has 1 aliphatic heterocycles. The molecule has 1 aliphatic rings. The minimum absolute atomic E-state index is 0.166. The number of hydrogen-bond donors (Lipinski definition) is 2. The summed E-state index contributed by atoms with van der Waals surface area (Å²) in [5.74, 6) is -0.855. The quantitative estimate of drug-likeness (QED) is 0.130. The number of rotatable bonds is 12. The second kappa shape index (κ2) is 15.3. The minimum Gasteiger partial charge on any atom is -0.343 e. The molecule has 2 amide bonds. The Bertz CT molecular complexity index is 1770. The van der Waals surface area contributed by atoms with Crippen LogP contribution in [0.1, 0.15) is 51.9 Å². The average molecular weight is 696 g/mol. The molecular weight excluding hydrogens is 659 g/mol. The van der Waals surface area contributed by atoms with Gasteiger partial charge in [-0.15, -0.1) is 11.6 Å². The molecule has 1 fully saturated rings. The van der Waals surface area contributed by atoms with Gasteiger partial charge in [0.1, 0.15) is 10.9 Å². The van der Waals surface area contributed by atoms with Crippen LogP contribution in [0, 0.1) is 0 Å². The number of halogens is 4. The molecule has 9 heteroatoms. The third kappa shape index (κ3) is 8.09. The average Bonchev–Trinajstić information content (AvgIpc) is 3.13. The SMILES string of the molecule is O=C(NC1(C(=O)NC(c2ccccc2)c2ccccc2)CN(C(c2ccccc2)c2ccccc2)C1)C(Cl)CCc1ccc(C(F)(F)F)cc1. The summed E-state index contributed by atoms with van der Waals surface area (Å²) in [4.78, 5) is 30.4. The summed E-state index contributed by atoms with van der Waals surface area (Å²) < 4.78 is 39.1. The lowest BCUT2D eigenvalue weighted by molar-refractivity contribution is -0.142. The van der Waals surface area contributed by atoms with Crippen LogP contribution >= 0.6 is 11.6 Å². The molecule has 1 saturated heterocycles. The number of amides is 2. The Morgan fingerprint density at radius 2 is 1.12 bits per heavy atom. The zero-order chi connectivity index (χ0) is 35.1. The third-order valence-corrected chi connectivity index (χ3v) is 9.55. The summed E-state index contributed by atoms with van der Waals surface area (Å²) in [6.45, 7) is 0.440. The summed E-state index contributed by atoms with van der Waals surface area (Å²) in [7, 11) is 0. The topological polar surface area (TPSA) is 61.4 Å². The zero-order valence-corrected chi connectivity index (χ0v) is 27.9. The predicted octanol–water partition coefficient (Wildman–Crippen LogP) is 8.11. The van der Waals surface area contributed by atoms with E-state index in [0.717, 1.165) is 34.4 Å². The van der Waals surface area contributed by atoms with Crippen LogP contribution in [0.2, 0.25) is 0 Å². The first kappa shape index (κ1) is 34.9. The second-order valence-corrected chi connectivity index (χ2v) is 13.2. The highest BCUT2D eigenvalue weighted by Gasteiger charge is 2.53. The molecule has 1 atom stereocenters. The van der Waals surface area contributed by atoms with Crippen molar-refractivity contribution >= 4 is 23.4 Å². The van der Waals surface area contributed by atoms with Gasteiger partial charge in [0.25, 0.3) is 0 Å². The Morgan fingerprint density at radius 3 is 1.56 bits per heavy atom. The van der Waals surface area contributed by atoms with E-state index in [0.29, 0.717) is 12.0 Å². The standard InChI is InChI=1S/C41H37ClF3N3O2/c42-35(26-23-29-21-24-34(25-22-29)41(43,44)45)38(49)47-40(39(50)46-36(30-13-5-1-6-14-30)31-15-7-2-8-16-31)27-48(28-40)37(32-17-9-3-10-18-32)33-19-11-4-12-20-33/h1-22,24-25,35-37H,23,26-28H2,(H,46,50)(H,47,49). The van der Waals surface area contributed by atoms with Crippen LogP contribution in [0.15, 0.2) is 146 Å². The molecule has 2 N–H and O–H groups in total. The number of aryl methyl sites for hydroxylation is 1. The van der Waals surface area contributed by atoms with Crippen LogP contribution in [-0.4, -0.2) is 40.7 Å². The molecule has 0 aromatic heterocycles. The first-order valence-corrected chi connectivity index (χ1v) is 16.9. The lowest BCUT2D eigenvalue weighted by Gasteiger charge is -2.52. The van der Waals surface area contributed by atoms with Crippen LogP contribution in [0.3, 0.4) is 0 Å². The fraction of sp³-hybridized carbons (Fsp3) is 0.220. The number of alkyl halides is 4. The van der Waals surface area contributed by atoms with Gasteiger partial charge in [0.15, 0.2) is 0 Å². The van der Waals surface area contributed by atoms with Crippen molar-refractivity contribution in [1.29, 1.82) is 0 Å². The van der Waals surface area contributed by atoms with Gasteiger partial charge >= 0.3 is 6.18 Å². The Labute approximate surface area is 295 Å². The van der Waals surface area contributed by atoms with E-state index in [4.69, 9.17) is 11.6 Å². The maximum absolute atomic E-state index is 14.5. The number of likely N-dealkylation sites (tertiary alicyclic amines) is 1. The van der Waals surface area contributed by atoms with E-state index in [9.17, 15) is 22.8 Å². The lowest BCUT2D eigenvalue weighted by atomic mass is 9.83. The molecule has 5 aromatic rings. The van der Waals surface area contributed by atoms with Crippen molar-refractivity contribution < 1.29 is 22.8 Å². The highest BCUT2D eigenvalue weighted by molar-refractivity contribution is 6.31. The van der Waals surface area contributed by atoms with Crippen LogP contribution in [0.4, 0.5) is 13.2 Å². The number of hydrogen-bond acceptors (Lipinski definition) is 3. The van der Waals surface area contributed by atoms with Gasteiger partial charge in [-0.3, -0.25) is 14.5 Å². The molecule has 256 valence electrons. The lowest BCUT2D eigenvalue weighted by Crippen LogP contribution is -2.77. The van der Waals surface area contributed by atoms with E-state index >= 15 is 0 Å². The minimum atomic E-state index is -4.43. The van der Waals surface area contributed by atoms with Crippen molar-refractivity contribution in [3.8, 4) is 0 Å². The third-order valence-electron chi connectivity index (χ3n) is 9.13. The highest BCUT2D eigenvalue weighted by Crippen LogP contribution is 2.37.